The van der Waals surface area contributed by atoms with Crippen LogP contribution in [0.2, 0.25) is 0 Å². The van der Waals surface area contributed by atoms with Crippen LogP contribution in [0.15, 0.2) is 104 Å². The maximum Gasteiger partial charge on any atom is 0.121 e. The predicted octanol–water partition coefficient (Wildman–Crippen LogP) is 6.10. The van der Waals surface area contributed by atoms with Gasteiger partial charge in [0.15, 0.2) is 0 Å². The third kappa shape index (κ3) is 3.47. The molecule has 1 fully saturated rings. The van der Waals surface area contributed by atoms with Gasteiger partial charge in [-0.15, -0.1) is 0 Å². The monoisotopic (exact) mass is 421 g/mol. The zero-order valence-corrected chi connectivity index (χ0v) is 18.7. The molecule has 32 heavy (non-hydrogen) atoms. The van der Waals surface area contributed by atoms with E-state index in [0.29, 0.717) is 0 Å². The summed E-state index contributed by atoms with van der Waals surface area (Å²) in [5.74, 6) is 0.275. The molecular weight excluding hydrogens is 390 g/mol. The van der Waals surface area contributed by atoms with E-state index in [2.05, 4.69) is 109 Å². The van der Waals surface area contributed by atoms with Crippen molar-refractivity contribution < 1.29 is 0 Å². The van der Waals surface area contributed by atoms with Crippen molar-refractivity contribution >= 4 is 0 Å². The Bertz CT molecular complexity index is 1050. The van der Waals surface area contributed by atoms with Crippen LogP contribution in [-0.4, -0.2) is 15.1 Å². The van der Waals surface area contributed by atoms with E-state index in [0.717, 1.165) is 18.5 Å². The lowest BCUT2D eigenvalue weighted by Crippen LogP contribution is -2.45. The Morgan fingerprint density at radius 2 is 1.31 bits per heavy atom. The second-order valence-corrected chi connectivity index (χ2v) is 9.32. The van der Waals surface area contributed by atoms with Gasteiger partial charge in [-0.25, -0.2) is 4.98 Å². The highest BCUT2D eigenvalue weighted by Gasteiger charge is 2.40. The van der Waals surface area contributed by atoms with Crippen LogP contribution in [0.1, 0.15) is 60.9 Å². The Morgan fingerprint density at radius 3 is 1.78 bits per heavy atom. The summed E-state index contributed by atoms with van der Waals surface area (Å²) in [4.78, 5) is 4.96. The van der Waals surface area contributed by atoms with Gasteiger partial charge in [0, 0.05) is 17.7 Å². The normalized spacial score (nSPS) is 21.4. The number of aromatic nitrogens is 2. The molecule has 1 heterocycles. The van der Waals surface area contributed by atoms with Crippen molar-refractivity contribution in [2.75, 3.05) is 0 Å². The molecule has 0 spiro atoms. The molecule has 1 aliphatic carbocycles. The molecule has 162 valence electrons. The zero-order valence-electron chi connectivity index (χ0n) is 18.7. The number of benzene rings is 3. The van der Waals surface area contributed by atoms with Crippen LogP contribution in [-0.2, 0) is 5.54 Å². The fourth-order valence-electron chi connectivity index (χ4n) is 5.53. The molecular formula is C29H31N3. The molecule has 1 aliphatic rings. The molecule has 2 atom stereocenters. The molecule has 2 N–H and O–H groups in total. The van der Waals surface area contributed by atoms with Crippen LogP contribution in [0.4, 0.5) is 0 Å². The second-order valence-electron chi connectivity index (χ2n) is 9.32. The quantitative estimate of drug-likeness (QED) is 0.396. The van der Waals surface area contributed by atoms with Crippen LogP contribution in [0.3, 0.4) is 0 Å². The molecule has 0 aliphatic heterocycles. The topological polar surface area (TPSA) is 43.8 Å². The first kappa shape index (κ1) is 20.7. The molecule has 3 aromatic carbocycles. The number of imidazole rings is 1. The molecule has 4 aromatic rings. The number of hydrogen-bond acceptors (Lipinski definition) is 2. The Labute approximate surface area is 190 Å². The van der Waals surface area contributed by atoms with Crippen molar-refractivity contribution in [3.8, 4) is 0 Å². The average molecular weight is 422 g/mol. The number of nitrogens with zero attached hydrogens (tertiary/aromatic N) is 2. The van der Waals surface area contributed by atoms with Gasteiger partial charge in [0.25, 0.3) is 0 Å². The Morgan fingerprint density at radius 1 is 0.812 bits per heavy atom. The molecule has 1 saturated carbocycles. The highest BCUT2D eigenvalue weighted by Crippen LogP contribution is 2.43. The Kier molecular flexibility index (Phi) is 5.44. The lowest BCUT2D eigenvalue weighted by Gasteiger charge is -2.38. The van der Waals surface area contributed by atoms with Crippen LogP contribution < -0.4 is 5.73 Å². The van der Waals surface area contributed by atoms with Gasteiger partial charge in [-0.3, -0.25) is 0 Å². The van der Waals surface area contributed by atoms with Gasteiger partial charge in [0.05, 0.1) is 12.0 Å². The van der Waals surface area contributed by atoms with Gasteiger partial charge in [0.2, 0.25) is 0 Å². The number of hydrogen-bond donors (Lipinski definition) is 1. The maximum atomic E-state index is 6.76. The third-order valence-electron chi connectivity index (χ3n) is 7.18. The summed E-state index contributed by atoms with van der Waals surface area (Å²) in [6.07, 6.45) is 8.81. The summed E-state index contributed by atoms with van der Waals surface area (Å²) in [6.45, 7) is 2.19. The fraction of sp³-hybridized carbons (Fsp3) is 0.276. The van der Waals surface area contributed by atoms with E-state index in [-0.39, 0.29) is 11.5 Å². The lowest BCUT2D eigenvalue weighted by atomic mass is 9.73. The van der Waals surface area contributed by atoms with Gasteiger partial charge >= 0.3 is 0 Å². The number of rotatable bonds is 5. The van der Waals surface area contributed by atoms with E-state index in [1.54, 1.807) is 0 Å². The van der Waals surface area contributed by atoms with Crippen LogP contribution in [0.25, 0.3) is 0 Å². The molecule has 5 rings (SSSR count). The summed E-state index contributed by atoms with van der Waals surface area (Å²) in [7, 11) is 0. The molecule has 3 nitrogen and oxygen atoms in total. The van der Waals surface area contributed by atoms with Crippen LogP contribution in [0.5, 0.6) is 0 Å². The first-order chi connectivity index (χ1) is 15.6. The molecule has 0 bridgehead atoms. The van der Waals surface area contributed by atoms with E-state index in [1.807, 2.05) is 6.33 Å². The van der Waals surface area contributed by atoms with Gasteiger partial charge in [-0.1, -0.05) is 104 Å². The summed E-state index contributed by atoms with van der Waals surface area (Å²) in [5, 5.41) is 0. The summed E-state index contributed by atoms with van der Waals surface area (Å²) in [6, 6.07) is 32.2. The summed E-state index contributed by atoms with van der Waals surface area (Å²) in [5.41, 5.74) is 10.7. The Balaban J connectivity index is 1.76. The molecule has 1 aromatic heterocycles. The first-order valence-electron chi connectivity index (χ1n) is 11.6. The highest BCUT2D eigenvalue weighted by atomic mass is 15.1. The van der Waals surface area contributed by atoms with E-state index in [1.165, 1.54) is 29.5 Å². The van der Waals surface area contributed by atoms with Crippen molar-refractivity contribution in [2.24, 2.45) is 5.73 Å². The largest absolute Gasteiger partial charge is 0.325 e. The van der Waals surface area contributed by atoms with E-state index >= 15 is 0 Å². The predicted molar refractivity (Wildman–Crippen MR) is 131 cm³/mol. The SMILES string of the molecule is C[C@]1(N)CCCC[C@@H]1c1cn(C(c2ccccc2)(c2ccccc2)c2ccccc2)cn1. The first-order valence-corrected chi connectivity index (χ1v) is 11.6. The van der Waals surface area contributed by atoms with E-state index in [9.17, 15) is 0 Å². The van der Waals surface area contributed by atoms with E-state index in [4.69, 9.17) is 10.7 Å². The van der Waals surface area contributed by atoms with Crippen molar-refractivity contribution in [1.82, 2.24) is 9.55 Å². The minimum atomic E-state index is -0.519. The number of nitrogens with two attached hydrogens (primary N) is 1. The van der Waals surface area contributed by atoms with Gasteiger partial charge in [-0.05, 0) is 36.5 Å². The molecule has 0 amide bonds. The highest BCUT2D eigenvalue weighted by molar-refractivity contribution is 5.50. The molecule has 0 radical (unpaired) electrons. The van der Waals surface area contributed by atoms with Gasteiger partial charge < -0.3 is 10.3 Å². The van der Waals surface area contributed by atoms with Gasteiger partial charge in [-0.2, -0.15) is 0 Å². The van der Waals surface area contributed by atoms with Crippen LogP contribution >= 0.6 is 0 Å². The molecule has 0 saturated heterocycles. The van der Waals surface area contributed by atoms with Crippen molar-refractivity contribution in [3.63, 3.8) is 0 Å². The lowest BCUT2D eigenvalue weighted by molar-refractivity contribution is 0.270. The zero-order chi connectivity index (χ0) is 22.0. The Hall–Kier alpha value is -3.17. The second kappa shape index (κ2) is 8.40. The fourth-order valence-corrected chi connectivity index (χ4v) is 5.53. The minimum Gasteiger partial charge on any atom is -0.325 e. The third-order valence-corrected chi connectivity index (χ3v) is 7.18. The summed E-state index contributed by atoms with van der Waals surface area (Å²) < 4.78 is 2.30. The van der Waals surface area contributed by atoms with Gasteiger partial charge in [0.1, 0.15) is 5.54 Å². The smallest absolute Gasteiger partial charge is 0.121 e. The van der Waals surface area contributed by atoms with Crippen molar-refractivity contribution in [1.29, 1.82) is 0 Å². The summed E-state index contributed by atoms with van der Waals surface area (Å²) >= 11 is 0. The maximum absolute atomic E-state index is 6.76. The van der Waals surface area contributed by atoms with E-state index < -0.39 is 5.54 Å². The standard InChI is InChI=1S/C29H31N3/c1-28(30)20-12-11-19-26(28)27-21-32(22-31-27)29(23-13-5-2-6-14-23,24-15-7-3-8-16-24)25-17-9-4-10-18-25/h2-10,13-18,21-22,26H,11-12,19-20,30H2,1H3/t26-,28+/m1/s1. The molecule has 3 heteroatoms. The van der Waals surface area contributed by atoms with Crippen LogP contribution in [0, 0.1) is 0 Å². The van der Waals surface area contributed by atoms with Crippen molar-refractivity contribution in [2.45, 2.75) is 49.6 Å². The minimum absolute atomic E-state index is 0.216. The molecule has 0 unspecified atom stereocenters. The average Bonchev–Trinajstić information content (AvgIpc) is 3.31. The van der Waals surface area contributed by atoms with Crippen molar-refractivity contribution in [3.05, 3.63) is 126 Å².